The molecule has 3 aromatic heterocycles. The first-order valence-electron chi connectivity index (χ1n) is 19.4. The molecule has 6 heteroatoms. The van der Waals surface area contributed by atoms with Crippen LogP contribution in [0, 0.1) is 0 Å². The molecule has 12 rings (SSSR count). The number of nitrogens with one attached hydrogen (secondary N) is 2. The van der Waals surface area contributed by atoms with E-state index in [0.29, 0.717) is 0 Å². The summed E-state index contributed by atoms with van der Waals surface area (Å²) in [4.78, 5) is 5.10. The van der Waals surface area contributed by atoms with Gasteiger partial charge in [-0.2, -0.15) is 0 Å². The summed E-state index contributed by atoms with van der Waals surface area (Å²) in [7, 11) is 0. The van der Waals surface area contributed by atoms with E-state index in [-0.39, 0.29) is 12.3 Å². The van der Waals surface area contributed by atoms with Crippen molar-refractivity contribution in [1.82, 2.24) is 15.2 Å². The van der Waals surface area contributed by atoms with E-state index >= 15 is 0 Å². The minimum absolute atomic E-state index is 0.125. The summed E-state index contributed by atoms with van der Waals surface area (Å²) in [6.07, 6.45) is -0.302. The fourth-order valence-electron chi connectivity index (χ4n) is 8.85. The fourth-order valence-corrected chi connectivity index (χ4v) is 9.97. The largest absolute Gasteiger partial charge is 0.455 e. The third kappa shape index (κ3) is 5.15. The molecule has 5 nitrogen and oxygen atoms in total. The van der Waals surface area contributed by atoms with Crippen LogP contribution in [0.15, 0.2) is 191 Å². The van der Waals surface area contributed by atoms with Crippen molar-refractivity contribution < 1.29 is 4.42 Å². The number of aromatic nitrogens is 1. The lowest BCUT2D eigenvalue weighted by Crippen LogP contribution is -2.44. The Balaban J connectivity index is 0.950. The molecule has 4 heterocycles. The second kappa shape index (κ2) is 12.8. The molecule has 1 aliphatic rings. The Kier molecular flexibility index (Phi) is 7.24. The zero-order valence-electron chi connectivity index (χ0n) is 30.7. The molecule has 2 atom stereocenters. The van der Waals surface area contributed by atoms with Crippen LogP contribution < -0.4 is 10.6 Å². The van der Waals surface area contributed by atoms with Gasteiger partial charge >= 0.3 is 0 Å². The molecule has 2 unspecified atom stereocenters. The van der Waals surface area contributed by atoms with Crippen molar-refractivity contribution in [3.05, 3.63) is 199 Å². The fraction of sp³-hybridized carbons (Fsp3) is 0.0392. The van der Waals surface area contributed by atoms with Crippen LogP contribution in [0.25, 0.3) is 80.7 Å². The number of benzene rings is 8. The number of hydrogen-bond donors (Lipinski definition) is 2. The normalized spacial score (nSPS) is 15.9. The second-order valence-electron chi connectivity index (χ2n) is 14.8. The molecule has 0 spiro atoms. The van der Waals surface area contributed by atoms with E-state index in [1.54, 1.807) is 0 Å². The molecule has 1 aliphatic heterocycles. The van der Waals surface area contributed by atoms with Gasteiger partial charge in [0.25, 0.3) is 0 Å². The minimum Gasteiger partial charge on any atom is -0.455 e. The van der Waals surface area contributed by atoms with Crippen LogP contribution in [-0.4, -0.2) is 10.4 Å². The van der Waals surface area contributed by atoms with Crippen LogP contribution in [0.3, 0.4) is 0 Å². The number of aliphatic imine (C=N–C) groups is 1. The van der Waals surface area contributed by atoms with Crippen LogP contribution in [0.4, 0.5) is 0 Å². The standard InChI is InChI=1S/C51H34N4OS/c1-3-13-31(14-4-1)49-52-50(32-15-5-2-6-16-32)54-51(53-49)34-26-28-45-40(29-34)38-27-25-33(30-46(38)57-45)35-19-11-20-39-47-43(23-12-24-44(47)56-48(35)39)55-41-21-9-7-17-36(41)37-18-8-10-22-42(37)55/h1-30,49,51,53H,(H,52,54). The number of para-hydroxylation sites is 3. The first-order chi connectivity index (χ1) is 28.2. The van der Waals surface area contributed by atoms with E-state index in [0.717, 1.165) is 55.7 Å². The Morgan fingerprint density at radius 1 is 0.526 bits per heavy atom. The molecule has 0 radical (unpaired) electrons. The first kappa shape index (κ1) is 32.3. The Morgan fingerprint density at radius 3 is 2.05 bits per heavy atom. The number of nitrogens with zero attached hydrogens (tertiary/aromatic N) is 2. The van der Waals surface area contributed by atoms with Gasteiger partial charge in [0.05, 0.1) is 22.1 Å². The van der Waals surface area contributed by atoms with Crippen molar-refractivity contribution in [2.24, 2.45) is 4.99 Å². The van der Waals surface area contributed by atoms with Gasteiger partial charge in [-0.25, -0.2) is 4.99 Å². The Morgan fingerprint density at radius 2 is 1.25 bits per heavy atom. The summed E-state index contributed by atoms with van der Waals surface area (Å²) >= 11 is 1.84. The van der Waals surface area contributed by atoms with Crippen molar-refractivity contribution in [2.75, 3.05) is 0 Å². The van der Waals surface area contributed by atoms with Crippen LogP contribution in [0.1, 0.15) is 29.0 Å². The van der Waals surface area contributed by atoms with Crippen molar-refractivity contribution >= 4 is 81.1 Å². The zero-order valence-corrected chi connectivity index (χ0v) is 31.5. The quantitative estimate of drug-likeness (QED) is 0.184. The second-order valence-corrected chi connectivity index (χ2v) is 15.9. The third-order valence-corrected chi connectivity index (χ3v) is 12.6. The molecular formula is C51H34N4OS. The van der Waals surface area contributed by atoms with Crippen LogP contribution >= 0.6 is 11.3 Å². The van der Waals surface area contributed by atoms with Gasteiger partial charge in [0.15, 0.2) is 0 Å². The number of hydrogen-bond acceptors (Lipinski definition) is 5. The lowest BCUT2D eigenvalue weighted by Gasteiger charge is -2.32. The minimum atomic E-state index is -0.177. The summed E-state index contributed by atoms with van der Waals surface area (Å²) in [5.74, 6) is 0.884. The average Bonchev–Trinajstić information content (AvgIpc) is 3.96. The summed E-state index contributed by atoms with van der Waals surface area (Å²) < 4.78 is 11.7. The van der Waals surface area contributed by atoms with Gasteiger partial charge in [-0.15, -0.1) is 11.3 Å². The molecule has 270 valence electrons. The van der Waals surface area contributed by atoms with E-state index < -0.39 is 0 Å². The molecule has 0 fully saturated rings. The molecule has 0 saturated carbocycles. The van der Waals surface area contributed by atoms with Crippen molar-refractivity contribution in [3.63, 3.8) is 0 Å². The average molecular weight is 751 g/mol. The van der Waals surface area contributed by atoms with Gasteiger partial charge in [0, 0.05) is 47.5 Å². The molecule has 0 bridgehead atoms. The Hall–Kier alpha value is -6.99. The number of amidine groups is 1. The van der Waals surface area contributed by atoms with E-state index in [4.69, 9.17) is 9.41 Å². The topological polar surface area (TPSA) is 54.5 Å². The third-order valence-electron chi connectivity index (χ3n) is 11.5. The SMILES string of the molecule is c1ccc(C2=NC(c3ccccc3)NC(c3ccc4sc5cc(-c6cccc7c6oc6cccc(-n8c9ccccc9c9ccccc98)c67)ccc5c4c3)N2)cc1. The summed E-state index contributed by atoms with van der Waals surface area (Å²) in [6, 6.07) is 64.9. The highest BCUT2D eigenvalue weighted by Gasteiger charge is 2.26. The predicted molar refractivity (Wildman–Crippen MR) is 238 cm³/mol. The highest BCUT2D eigenvalue weighted by atomic mass is 32.1. The zero-order chi connectivity index (χ0) is 37.5. The van der Waals surface area contributed by atoms with E-state index in [1.165, 1.54) is 47.5 Å². The maximum Gasteiger partial charge on any atom is 0.143 e. The predicted octanol–water partition coefficient (Wildman–Crippen LogP) is 13.1. The van der Waals surface area contributed by atoms with Crippen LogP contribution in [0.2, 0.25) is 0 Å². The van der Waals surface area contributed by atoms with Gasteiger partial charge < -0.3 is 14.3 Å². The Bertz CT molecular complexity index is 3320. The number of thiophene rings is 1. The Labute approximate surface area is 332 Å². The summed E-state index contributed by atoms with van der Waals surface area (Å²) in [5.41, 5.74) is 10.9. The molecule has 0 saturated heterocycles. The maximum absolute atomic E-state index is 6.80. The molecular weight excluding hydrogens is 717 g/mol. The van der Waals surface area contributed by atoms with Crippen LogP contribution in [-0.2, 0) is 0 Å². The number of fused-ring (bicyclic) bond motifs is 9. The monoisotopic (exact) mass is 750 g/mol. The molecule has 8 aromatic carbocycles. The van der Waals surface area contributed by atoms with Crippen molar-refractivity contribution in [1.29, 1.82) is 0 Å². The van der Waals surface area contributed by atoms with E-state index in [2.05, 4.69) is 185 Å². The lowest BCUT2D eigenvalue weighted by molar-refractivity contribution is 0.409. The van der Waals surface area contributed by atoms with Gasteiger partial charge in [0.2, 0.25) is 0 Å². The first-order valence-corrected chi connectivity index (χ1v) is 20.2. The molecule has 57 heavy (non-hydrogen) atoms. The van der Waals surface area contributed by atoms with Gasteiger partial charge in [-0.3, -0.25) is 5.32 Å². The van der Waals surface area contributed by atoms with Gasteiger partial charge in [0.1, 0.15) is 29.3 Å². The highest BCUT2D eigenvalue weighted by Crippen LogP contribution is 2.43. The maximum atomic E-state index is 6.80. The summed E-state index contributed by atoms with van der Waals surface area (Å²) in [6.45, 7) is 0. The molecule has 0 aliphatic carbocycles. The molecule has 2 N–H and O–H groups in total. The van der Waals surface area contributed by atoms with Crippen molar-refractivity contribution in [2.45, 2.75) is 12.3 Å². The van der Waals surface area contributed by atoms with E-state index in [1.807, 2.05) is 23.5 Å². The lowest BCUT2D eigenvalue weighted by atomic mass is 10.00. The summed E-state index contributed by atoms with van der Waals surface area (Å²) in [5, 5.41) is 14.7. The van der Waals surface area contributed by atoms with E-state index in [9.17, 15) is 0 Å². The smallest absolute Gasteiger partial charge is 0.143 e. The van der Waals surface area contributed by atoms with Crippen LogP contribution in [0.5, 0.6) is 0 Å². The number of rotatable bonds is 5. The number of furan rings is 1. The highest BCUT2D eigenvalue weighted by molar-refractivity contribution is 7.25. The van der Waals surface area contributed by atoms with Gasteiger partial charge in [-0.05, 0) is 59.2 Å². The molecule has 11 aromatic rings. The van der Waals surface area contributed by atoms with Crippen molar-refractivity contribution in [3.8, 4) is 16.8 Å². The molecule has 0 amide bonds. The van der Waals surface area contributed by atoms with Gasteiger partial charge in [-0.1, -0.05) is 140 Å².